The lowest BCUT2D eigenvalue weighted by Gasteiger charge is -2.19. The molecule has 0 unspecified atom stereocenters. The summed E-state index contributed by atoms with van der Waals surface area (Å²) in [5, 5.41) is 8.79. The van der Waals surface area contributed by atoms with E-state index in [0.29, 0.717) is 12.8 Å². The molecule has 98 valence electrons. The van der Waals surface area contributed by atoms with E-state index in [2.05, 4.69) is 0 Å². The zero-order chi connectivity index (χ0) is 13.8. The minimum atomic E-state index is -0.884. The highest BCUT2D eigenvalue weighted by Gasteiger charge is 2.28. The monoisotopic (exact) mass is 268 g/mol. The number of hydrogen-bond acceptors (Lipinski definition) is 2. The highest BCUT2D eigenvalue weighted by atomic mass is 35.5. The van der Waals surface area contributed by atoms with Gasteiger partial charge in [-0.05, 0) is 49.4 Å². The van der Waals surface area contributed by atoms with Gasteiger partial charge in [0, 0.05) is 6.42 Å². The first-order valence-corrected chi connectivity index (χ1v) is 6.23. The van der Waals surface area contributed by atoms with Crippen LogP contribution in [0, 0.1) is 0 Å². The standard InChI is InChI=1S/C14H17ClO3/c1-14(2,13(17)18)11-8-6-10(7-9-11)4-3-5-12(15)16/h6-9H,3-5H2,1-2H3,(H,17,18). The molecule has 4 heteroatoms. The van der Waals surface area contributed by atoms with Gasteiger partial charge in [-0.25, -0.2) is 0 Å². The molecule has 1 N–H and O–H groups in total. The molecule has 0 radical (unpaired) electrons. The highest BCUT2D eigenvalue weighted by Crippen LogP contribution is 2.24. The lowest BCUT2D eigenvalue weighted by atomic mass is 9.84. The smallest absolute Gasteiger partial charge is 0.313 e. The molecule has 1 aromatic rings. The molecular formula is C14H17ClO3. The summed E-state index contributed by atoms with van der Waals surface area (Å²) < 4.78 is 0. The topological polar surface area (TPSA) is 54.4 Å². The van der Waals surface area contributed by atoms with E-state index in [1.807, 2.05) is 24.3 Å². The van der Waals surface area contributed by atoms with Crippen molar-refractivity contribution >= 4 is 22.8 Å². The number of carbonyl (C=O) groups is 2. The fourth-order valence-electron chi connectivity index (χ4n) is 1.64. The Bertz CT molecular complexity index is 435. The molecule has 1 aromatic carbocycles. The fraction of sp³-hybridized carbons (Fsp3) is 0.429. The lowest BCUT2D eigenvalue weighted by Crippen LogP contribution is -2.28. The Labute approximate surface area is 112 Å². The summed E-state index contributed by atoms with van der Waals surface area (Å²) in [6.07, 6.45) is 1.85. The molecule has 0 amide bonds. The molecule has 0 aliphatic rings. The lowest BCUT2D eigenvalue weighted by molar-refractivity contribution is -0.142. The highest BCUT2D eigenvalue weighted by molar-refractivity contribution is 6.63. The van der Waals surface area contributed by atoms with Crippen LogP contribution in [0.25, 0.3) is 0 Å². The third kappa shape index (κ3) is 3.84. The molecule has 0 heterocycles. The van der Waals surface area contributed by atoms with Crippen molar-refractivity contribution in [2.24, 2.45) is 0 Å². The summed E-state index contributed by atoms with van der Waals surface area (Å²) in [7, 11) is 0. The van der Waals surface area contributed by atoms with E-state index in [4.69, 9.17) is 16.7 Å². The van der Waals surface area contributed by atoms with E-state index in [1.165, 1.54) is 0 Å². The first-order chi connectivity index (χ1) is 8.34. The van der Waals surface area contributed by atoms with E-state index in [0.717, 1.165) is 17.5 Å². The molecular weight excluding hydrogens is 252 g/mol. The summed E-state index contributed by atoms with van der Waals surface area (Å²) in [4.78, 5) is 21.7. The molecule has 0 saturated carbocycles. The number of hydrogen-bond donors (Lipinski definition) is 1. The van der Waals surface area contributed by atoms with E-state index >= 15 is 0 Å². The van der Waals surface area contributed by atoms with Gasteiger partial charge in [-0.1, -0.05) is 24.3 Å². The minimum absolute atomic E-state index is 0.321. The first kappa shape index (κ1) is 14.7. The summed E-state index contributed by atoms with van der Waals surface area (Å²) in [5.41, 5.74) is 0.968. The molecule has 3 nitrogen and oxygen atoms in total. The predicted molar refractivity (Wildman–Crippen MR) is 70.9 cm³/mol. The van der Waals surface area contributed by atoms with Crippen molar-refractivity contribution in [1.29, 1.82) is 0 Å². The fourth-order valence-corrected chi connectivity index (χ4v) is 1.78. The van der Waals surface area contributed by atoms with Gasteiger partial charge in [0.05, 0.1) is 5.41 Å². The van der Waals surface area contributed by atoms with Crippen LogP contribution < -0.4 is 0 Å². The summed E-state index contributed by atoms with van der Waals surface area (Å²) >= 11 is 5.26. The van der Waals surface area contributed by atoms with Gasteiger partial charge in [-0.15, -0.1) is 0 Å². The Balaban J connectivity index is 2.68. The van der Waals surface area contributed by atoms with Gasteiger partial charge in [0.25, 0.3) is 0 Å². The molecule has 0 fully saturated rings. The Morgan fingerprint density at radius 2 is 1.78 bits per heavy atom. The Hall–Kier alpha value is -1.35. The molecule has 0 aromatic heterocycles. The van der Waals surface area contributed by atoms with Crippen LogP contribution in [0.2, 0.25) is 0 Å². The normalized spacial score (nSPS) is 11.3. The van der Waals surface area contributed by atoms with Gasteiger partial charge >= 0.3 is 5.97 Å². The number of rotatable bonds is 6. The van der Waals surface area contributed by atoms with Crippen molar-refractivity contribution < 1.29 is 14.7 Å². The molecule has 1 rings (SSSR count). The Morgan fingerprint density at radius 1 is 1.22 bits per heavy atom. The largest absolute Gasteiger partial charge is 0.481 e. The van der Waals surface area contributed by atoms with Crippen LogP contribution in [-0.2, 0) is 21.4 Å². The zero-order valence-electron chi connectivity index (χ0n) is 10.6. The van der Waals surface area contributed by atoms with Crippen molar-refractivity contribution in [3.8, 4) is 0 Å². The molecule has 0 spiro atoms. The maximum absolute atomic E-state index is 11.1. The number of aliphatic carboxylic acids is 1. The second kappa shape index (κ2) is 6.01. The SMILES string of the molecule is CC(C)(C(=O)O)c1ccc(CCCC(=O)Cl)cc1. The molecule has 0 atom stereocenters. The number of carboxylic acid groups (broad SMARTS) is 1. The number of halogens is 1. The van der Waals surface area contributed by atoms with Gasteiger partial charge in [0.2, 0.25) is 5.24 Å². The van der Waals surface area contributed by atoms with Crippen LogP contribution >= 0.6 is 11.6 Å². The zero-order valence-corrected chi connectivity index (χ0v) is 11.3. The second-order valence-corrected chi connectivity index (χ2v) is 5.26. The average Bonchev–Trinajstić information content (AvgIpc) is 2.29. The summed E-state index contributed by atoms with van der Waals surface area (Å²) in [6, 6.07) is 7.45. The number of carboxylic acids is 1. The number of benzene rings is 1. The van der Waals surface area contributed by atoms with Crippen LogP contribution in [0.1, 0.15) is 37.8 Å². The summed E-state index contributed by atoms with van der Waals surface area (Å²) in [5.74, 6) is -0.844. The van der Waals surface area contributed by atoms with Crippen molar-refractivity contribution in [2.45, 2.75) is 38.5 Å². The first-order valence-electron chi connectivity index (χ1n) is 5.85. The molecule has 18 heavy (non-hydrogen) atoms. The summed E-state index contributed by atoms with van der Waals surface area (Å²) in [6.45, 7) is 3.35. The molecule has 0 saturated heterocycles. The van der Waals surface area contributed by atoms with E-state index in [9.17, 15) is 9.59 Å². The van der Waals surface area contributed by atoms with Crippen LogP contribution in [0.4, 0.5) is 0 Å². The van der Waals surface area contributed by atoms with E-state index in [1.54, 1.807) is 13.8 Å². The second-order valence-electron chi connectivity index (χ2n) is 4.84. The average molecular weight is 269 g/mol. The number of aryl methyl sites for hydroxylation is 1. The van der Waals surface area contributed by atoms with Crippen LogP contribution in [0.3, 0.4) is 0 Å². The maximum atomic E-state index is 11.1. The number of carbonyl (C=O) groups excluding carboxylic acids is 1. The maximum Gasteiger partial charge on any atom is 0.313 e. The van der Waals surface area contributed by atoms with E-state index < -0.39 is 11.4 Å². The van der Waals surface area contributed by atoms with E-state index in [-0.39, 0.29) is 5.24 Å². The molecule has 0 aliphatic carbocycles. The van der Waals surface area contributed by atoms with Gasteiger partial charge in [0.1, 0.15) is 0 Å². The predicted octanol–water partition coefficient (Wildman–Crippen LogP) is 3.14. The molecule has 0 aliphatic heterocycles. The third-order valence-corrected chi connectivity index (χ3v) is 3.24. The minimum Gasteiger partial charge on any atom is -0.481 e. The van der Waals surface area contributed by atoms with Crippen LogP contribution in [0.15, 0.2) is 24.3 Å². The van der Waals surface area contributed by atoms with Gasteiger partial charge in [-0.2, -0.15) is 0 Å². The van der Waals surface area contributed by atoms with Gasteiger partial charge < -0.3 is 5.11 Å². The van der Waals surface area contributed by atoms with Crippen molar-refractivity contribution in [1.82, 2.24) is 0 Å². The van der Waals surface area contributed by atoms with Gasteiger partial charge in [-0.3, -0.25) is 9.59 Å². The van der Waals surface area contributed by atoms with Crippen LogP contribution in [-0.4, -0.2) is 16.3 Å². The van der Waals surface area contributed by atoms with Gasteiger partial charge in [0.15, 0.2) is 0 Å². The van der Waals surface area contributed by atoms with Crippen LogP contribution in [0.5, 0.6) is 0 Å². The van der Waals surface area contributed by atoms with Crippen molar-refractivity contribution in [2.75, 3.05) is 0 Å². The Morgan fingerprint density at radius 3 is 2.22 bits per heavy atom. The molecule has 0 bridgehead atoms. The third-order valence-electron chi connectivity index (χ3n) is 3.05. The van der Waals surface area contributed by atoms with Crippen molar-refractivity contribution in [3.05, 3.63) is 35.4 Å². The Kier molecular flexibility index (Phi) is 4.91. The van der Waals surface area contributed by atoms with Crippen molar-refractivity contribution in [3.63, 3.8) is 0 Å². The quantitative estimate of drug-likeness (QED) is 0.807.